The first-order valence-corrected chi connectivity index (χ1v) is 10.2. The number of benzene rings is 3. The van der Waals surface area contributed by atoms with Crippen molar-refractivity contribution in [2.45, 2.75) is 16.2 Å². The summed E-state index contributed by atoms with van der Waals surface area (Å²) >= 11 is 7.62. The Labute approximate surface area is 173 Å². The number of carbonyl (C=O) groups excluding carboxylic acids is 1. The lowest BCUT2D eigenvalue weighted by molar-refractivity contribution is -0.115. The second-order valence-corrected chi connectivity index (χ2v) is 8.02. The number of amides is 1. The molecule has 0 aliphatic heterocycles. The van der Waals surface area contributed by atoms with Gasteiger partial charge in [-0.25, -0.2) is 0 Å². The molecular formula is C23H19ClN2OS. The largest absolute Gasteiger partial charge is 0.346 e. The first-order valence-electron chi connectivity index (χ1n) is 8.96. The van der Waals surface area contributed by atoms with Gasteiger partial charge in [-0.15, -0.1) is 0 Å². The van der Waals surface area contributed by atoms with E-state index in [4.69, 9.17) is 11.6 Å². The maximum absolute atomic E-state index is 12.7. The van der Waals surface area contributed by atoms with Crippen molar-refractivity contribution in [1.82, 2.24) is 4.57 Å². The number of hydrogen-bond donors (Lipinski definition) is 1. The van der Waals surface area contributed by atoms with Crippen LogP contribution in [-0.2, 0) is 18.3 Å². The van der Waals surface area contributed by atoms with Crippen LogP contribution in [0.3, 0.4) is 0 Å². The van der Waals surface area contributed by atoms with Gasteiger partial charge in [-0.3, -0.25) is 4.79 Å². The van der Waals surface area contributed by atoms with E-state index in [0.29, 0.717) is 11.4 Å². The molecule has 0 unspecified atom stereocenters. The predicted molar refractivity (Wildman–Crippen MR) is 117 cm³/mol. The molecule has 4 aromatic rings. The molecule has 0 fully saturated rings. The molecule has 1 N–H and O–H groups in total. The summed E-state index contributed by atoms with van der Waals surface area (Å²) < 4.78 is 2.11. The Balaban J connectivity index is 1.67. The highest BCUT2D eigenvalue weighted by Gasteiger charge is 2.18. The number of aromatic nitrogens is 1. The summed E-state index contributed by atoms with van der Waals surface area (Å²) in [6, 6.07) is 25.7. The van der Waals surface area contributed by atoms with Crippen LogP contribution in [0, 0.1) is 0 Å². The van der Waals surface area contributed by atoms with Crippen LogP contribution in [0.1, 0.15) is 5.69 Å². The van der Waals surface area contributed by atoms with E-state index < -0.39 is 0 Å². The number of halogens is 1. The molecule has 0 saturated carbocycles. The fourth-order valence-electron chi connectivity index (χ4n) is 3.22. The molecule has 0 atom stereocenters. The summed E-state index contributed by atoms with van der Waals surface area (Å²) in [5.74, 6) is -0.0526. The van der Waals surface area contributed by atoms with Crippen molar-refractivity contribution in [3.63, 3.8) is 0 Å². The number of rotatable bonds is 5. The van der Waals surface area contributed by atoms with Gasteiger partial charge >= 0.3 is 0 Å². The van der Waals surface area contributed by atoms with E-state index in [1.165, 1.54) is 0 Å². The lowest BCUT2D eigenvalue weighted by Crippen LogP contribution is -2.16. The summed E-state index contributed by atoms with van der Waals surface area (Å²) in [7, 11) is 2.02. The monoisotopic (exact) mass is 406 g/mol. The molecule has 140 valence electrons. The Hall–Kier alpha value is -2.69. The summed E-state index contributed by atoms with van der Waals surface area (Å²) in [6.07, 6.45) is 0.295. The van der Waals surface area contributed by atoms with E-state index in [-0.39, 0.29) is 5.91 Å². The maximum Gasteiger partial charge on any atom is 0.230 e. The molecule has 5 heteroatoms. The number of aryl methyl sites for hydroxylation is 1. The van der Waals surface area contributed by atoms with Crippen molar-refractivity contribution in [2.24, 2.45) is 7.05 Å². The molecule has 0 aliphatic rings. The zero-order chi connectivity index (χ0) is 19.5. The average Bonchev–Trinajstić information content (AvgIpc) is 2.97. The molecule has 4 rings (SSSR count). The lowest BCUT2D eigenvalue weighted by atomic mass is 10.2. The van der Waals surface area contributed by atoms with E-state index in [1.54, 1.807) is 36.0 Å². The third-order valence-electron chi connectivity index (χ3n) is 4.60. The van der Waals surface area contributed by atoms with Crippen LogP contribution in [-0.4, -0.2) is 10.5 Å². The number of carbonyl (C=O) groups is 1. The van der Waals surface area contributed by atoms with Gasteiger partial charge in [0.05, 0.1) is 6.42 Å². The number of para-hydroxylation sites is 1. The topological polar surface area (TPSA) is 34.0 Å². The minimum Gasteiger partial charge on any atom is -0.346 e. The minimum absolute atomic E-state index is 0.0526. The smallest absolute Gasteiger partial charge is 0.230 e. The van der Waals surface area contributed by atoms with Gasteiger partial charge in [-0.05, 0) is 42.5 Å². The van der Waals surface area contributed by atoms with Gasteiger partial charge in [0, 0.05) is 44.1 Å². The number of nitrogens with zero attached hydrogens (tertiary/aromatic N) is 1. The Bertz CT molecular complexity index is 1120. The number of anilines is 1. The Morgan fingerprint density at radius 1 is 0.964 bits per heavy atom. The molecule has 1 amide bonds. The molecular weight excluding hydrogens is 388 g/mol. The Morgan fingerprint density at radius 2 is 1.64 bits per heavy atom. The van der Waals surface area contributed by atoms with E-state index >= 15 is 0 Å². The summed E-state index contributed by atoms with van der Waals surface area (Å²) in [4.78, 5) is 15.0. The van der Waals surface area contributed by atoms with Crippen molar-refractivity contribution in [1.29, 1.82) is 0 Å². The van der Waals surface area contributed by atoms with Crippen molar-refractivity contribution >= 4 is 45.9 Å². The van der Waals surface area contributed by atoms with E-state index in [1.807, 2.05) is 37.4 Å². The molecule has 1 aromatic heterocycles. The number of nitrogens with one attached hydrogen (secondary N) is 1. The normalized spacial score (nSPS) is 10.9. The van der Waals surface area contributed by atoms with E-state index in [9.17, 15) is 4.79 Å². The quantitative estimate of drug-likeness (QED) is 0.430. The number of hydrogen-bond acceptors (Lipinski definition) is 2. The van der Waals surface area contributed by atoms with Crippen LogP contribution in [0.15, 0.2) is 88.7 Å². The molecule has 0 saturated heterocycles. The minimum atomic E-state index is -0.0526. The summed E-state index contributed by atoms with van der Waals surface area (Å²) in [5.41, 5.74) is 2.86. The lowest BCUT2D eigenvalue weighted by Gasteiger charge is -2.09. The zero-order valence-corrected chi connectivity index (χ0v) is 16.9. The fourth-order valence-corrected chi connectivity index (χ4v) is 4.49. The predicted octanol–water partition coefficient (Wildman–Crippen LogP) is 6.16. The third-order valence-corrected chi connectivity index (χ3v) is 6.02. The first-order chi connectivity index (χ1) is 13.6. The van der Waals surface area contributed by atoms with Crippen LogP contribution < -0.4 is 5.32 Å². The Kier molecular flexibility index (Phi) is 5.42. The van der Waals surface area contributed by atoms with Gasteiger partial charge in [0.25, 0.3) is 0 Å². The summed E-state index contributed by atoms with van der Waals surface area (Å²) in [6.45, 7) is 0. The Morgan fingerprint density at radius 3 is 2.39 bits per heavy atom. The summed E-state index contributed by atoms with van der Waals surface area (Å²) in [5, 5.41) is 4.77. The van der Waals surface area contributed by atoms with E-state index in [2.05, 4.69) is 34.1 Å². The van der Waals surface area contributed by atoms with Crippen LogP contribution >= 0.6 is 23.4 Å². The van der Waals surface area contributed by atoms with Gasteiger partial charge in [-0.2, -0.15) is 0 Å². The van der Waals surface area contributed by atoms with E-state index in [0.717, 1.165) is 32.1 Å². The van der Waals surface area contributed by atoms with Crippen molar-refractivity contribution in [2.75, 3.05) is 5.32 Å². The average molecular weight is 407 g/mol. The van der Waals surface area contributed by atoms with Crippen LogP contribution in [0.5, 0.6) is 0 Å². The second-order valence-electron chi connectivity index (χ2n) is 6.50. The van der Waals surface area contributed by atoms with Crippen LogP contribution in [0.25, 0.3) is 10.9 Å². The van der Waals surface area contributed by atoms with Crippen LogP contribution in [0.2, 0.25) is 5.02 Å². The molecule has 1 heterocycles. The fraction of sp³-hybridized carbons (Fsp3) is 0.0870. The molecule has 0 radical (unpaired) electrons. The van der Waals surface area contributed by atoms with Gasteiger partial charge in [0.2, 0.25) is 5.91 Å². The maximum atomic E-state index is 12.7. The van der Waals surface area contributed by atoms with Gasteiger partial charge in [0.15, 0.2) is 0 Å². The molecule has 3 nitrogen and oxygen atoms in total. The molecule has 0 bridgehead atoms. The molecule has 0 spiro atoms. The van der Waals surface area contributed by atoms with Gasteiger partial charge in [0.1, 0.15) is 0 Å². The van der Waals surface area contributed by atoms with Crippen molar-refractivity contribution < 1.29 is 4.79 Å². The van der Waals surface area contributed by atoms with Crippen LogP contribution in [0.4, 0.5) is 5.69 Å². The van der Waals surface area contributed by atoms with Gasteiger partial charge in [-0.1, -0.05) is 59.8 Å². The third kappa shape index (κ3) is 3.93. The second kappa shape index (κ2) is 8.13. The first kappa shape index (κ1) is 18.7. The highest BCUT2D eigenvalue weighted by atomic mass is 35.5. The number of fused-ring (bicyclic) bond motifs is 1. The van der Waals surface area contributed by atoms with Crippen molar-refractivity contribution in [3.05, 3.63) is 89.6 Å². The highest BCUT2D eigenvalue weighted by Crippen LogP contribution is 2.38. The molecule has 0 aliphatic carbocycles. The SMILES string of the molecule is Cn1c(CC(=O)Nc2ccc(Cl)cc2)c(Sc2ccccc2)c2ccccc21. The highest BCUT2D eigenvalue weighted by molar-refractivity contribution is 7.99. The van der Waals surface area contributed by atoms with Crippen molar-refractivity contribution in [3.8, 4) is 0 Å². The molecule has 3 aromatic carbocycles. The van der Waals surface area contributed by atoms with Gasteiger partial charge < -0.3 is 9.88 Å². The zero-order valence-electron chi connectivity index (χ0n) is 15.4. The standard InChI is InChI=1S/C23H19ClN2OS/c1-26-20-10-6-5-9-19(20)23(28-18-7-3-2-4-8-18)21(26)15-22(27)25-17-13-11-16(24)12-14-17/h2-14H,15H2,1H3,(H,25,27). The molecule has 28 heavy (non-hydrogen) atoms.